The van der Waals surface area contributed by atoms with Gasteiger partial charge in [0.15, 0.2) is 0 Å². The zero-order valence-electron chi connectivity index (χ0n) is 12.5. The van der Waals surface area contributed by atoms with Crippen molar-refractivity contribution in [3.05, 3.63) is 29.8 Å². The Labute approximate surface area is 122 Å². The Morgan fingerprint density at radius 1 is 1.25 bits per heavy atom. The first-order valence-corrected chi connectivity index (χ1v) is 8.65. The van der Waals surface area contributed by atoms with Gasteiger partial charge in [-0.1, -0.05) is 26.0 Å². The van der Waals surface area contributed by atoms with Crippen LogP contribution < -0.4 is 5.32 Å². The molecule has 1 heterocycles. The van der Waals surface area contributed by atoms with Crippen LogP contribution in [-0.4, -0.2) is 38.9 Å². The molecule has 0 aliphatic carbocycles. The normalized spacial score (nSPS) is 17.9. The van der Waals surface area contributed by atoms with Gasteiger partial charge in [0, 0.05) is 13.1 Å². The highest BCUT2D eigenvalue weighted by atomic mass is 32.2. The molecule has 4 nitrogen and oxygen atoms in total. The first-order chi connectivity index (χ1) is 9.43. The van der Waals surface area contributed by atoms with Gasteiger partial charge >= 0.3 is 0 Å². The summed E-state index contributed by atoms with van der Waals surface area (Å²) in [6.07, 6.45) is 1.75. The van der Waals surface area contributed by atoms with Crippen LogP contribution in [0.1, 0.15) is 38.2 Å². The van der Waals surface area contributed by atoms with E-state index in [2.05, 4.69) is 19.2 Å². The van der Waals surface area contributed by atoms with Gasteiger partial charge in [-0.15, -0.1) is 0 Å². The zero-order valence-corrected chi connectivity index (χ0v) is 13.3. The van der Waals surface area contributed by atoms with E-state index in [4.69, 9.17) is 0 Å². The van der Waals surface area contributed by atoms with Crippen molar-refractivity contribution in [2.24, 2.45) is 0 Å². The number of sulfonamides is 1. The molecule has 2 rings (SSSR count). The van der Waals surface area contributed by atoms with E-state index in [9.17, 15) is 8.42 Å². The molecule has 20 heavy (non-hydrogen) atoms. The van der Waals surface area contributed by atoms with E-state index < -0.39 is 10.0 Å². The van der Waals surface area contributed by atoms with Gasteiger partial charge in [0.2, 0.25) is 10.0 Å². The van der Waals surface area contributed by atoms with Crippen molar-refractivity contribution in [2.45, 2.75) is 43.5 Å². The molecule has 1 aromatic rings. The van der Waals surface area contributed by atoms with Gasteiger partial charge in [-0.2, -0.15) is 4.31 Å². The summed E-state index contributed by atoms with van der Waals surface area (Å²) >= 11 is 0. The second-order valence-corrected chi connectivity index (χ2v) is 7.73. The number of benzene rings is 1. The summed E-state index contributed by atoms with van der Waals surface area (Å²) in [5, 5.41) is 3.26. The average Bonchev–Trinajstić information content (AvgIpc) is 2.47. The monoisotopic (exact) mass is 296 g/mol. The molecule has 0 saturated carbocycles. The number of nitrogens with one attached hydrogen (secondary N) is 1. The van der Waals surface area contributed by atoms with E-state index >= 15 is 0 Å². The van der Waals surface area contributed by atoms with Crippen molar-refractivity contribution >= 4 is 10.0 Å². The number of nitrogens with zero attached hydrogens (tertiary/aromatic N) is 1. The molecule has 1 aromatic carbocycles. The Bertz CT molecular complexity index is 549. The van der Waals surface area contributed by atoms with Crippen LogP contribution in [-0.2, 0) is 10.0 Å². The third-order valence-corrected chi connectivity index (χ3v) is 5.93. The number of hydrogen-bond acceptors (Lipinski definition) is 3. The molecule has 112 valence electrons. The lowest BCUT2D eigenvalue weighted by Crippen LogP contribution is -2.43. The lowest BCUT2D eigenvalue weighted by atomic mass is 10.0. The van der Waals surface area contributed by atoms with Crippen LogP contribution in [0.5, 0.6) is 0 Å². The third-order valence-electron chi connectivity index (χ3n) is 4.02. The molecular weight excluding hydrogens is 272 g/mol. The lowest BCUT2D eigenvalue weighted by Gasteiger charge is -2.31. The number of hydrogen-bond donors (Lipinski definition) is 1. The molecular formula is C15H24N2O2S. The SMILES string of the molecule is CC(C)c1cccc(S(=O)(=O)N(C)C2CCNCC2)c1. The minimum Gasteiger partial charge on any atom is -0.317 e. The molecule has 0 atom stereocenters. The Balaban J connectivity index is 2.27. The van der Waals surface area contributed by atoms with Crippen molar-refractivity contribution < 1.29 is 8.42 Å². The van der Waals surface area contributed by atoms with Gasteiger partial charge in [0.05, 0.1) is 4.90 Å². The summed E-state index contributed by atoms with van der Waals surface area (Å²) in [4.78, 5) is 0.407. The van der Waals surface area contributed by atoms with Gasteiger partial charge < -0.3 is 5.32 Å². The van der Waals surface area contributed by atoms with Gasteiger partial charge in [-0.25, -0.2) is 8.42 Å². The van der Waals surface area contributed by atoms with Crippen molar-refractivity contribution in [3.63, 3.8) is 0 Å². The standard InChI is InChI=1S/C15H24N2O2S/c1-12(2)13-5-4-6-15(11-13)20(18,19)17(3)14-7-9-16-10-8-14/h4-6,11-12,14,16H,7-10H2,1-3H3. The van der Waals surface area contributed by atoms with Crippen LogP contribution in [0, 0.1) is 0 Å². The van der Waals surface area contributed by atoms with E-state index in [0.717, 1.165) is 31.5 Å². The van der Waals surface area contributed by atoms with Crippen molar-refractivity contribution in [1.82, 2.24) is 9.62 Å². The van der Waals surface area contributed by atoms with E-state index in [1.54, 1.807) is 23.5 Å². The molecule has 1 saturated heterocycles. The second kappa shape index (κ2) is 6.24. The summed E-state index contributed by atoms with van der Waals surface area (Å²) in [6.45, 7) is 5.91. The van der Waals surface area contributed by atoms with Crippen molar-refractivity contribution in [2.75, 3.05) is 20.1 Å². The molecule has 1 fully saturated rings. The van der Waals surface area contributed by atoms with E-state index in [-0.39, 0.29) is 6.04 Å². The molecule has 0 aromatic heterocycles. The lowest BCUT2D eigenvalue weighted by molar-refractivity contribution is 0.296. The van der Waals surface area contributed by atoms with Gasteiger partial charge in [-0.3, -0.25) is 0 Å². The maximum Gasteiger partial charge on any atom is 0.243 e. The Morgan fingerprint density at radius 2 is 1.90 bits per heavy atom. The Hall–Kier alpha value is -0.910. The first kappa shape index (κ1) is 15.5. The van der Waals surface area contributed by atoms with Crippen LogP contribution in [0.25, 0.3) is 0 Å². The highest BCUT2D eigenvalue weighted by Crippen LogP contribution is 2.23. The van der Waals surface area contributed by atoms with Crippen LogP contribution in [0.3, 0.4) is 0 Å². The van der Waals surface area contributed by atoms with Gasteiger partial charge in [0.25, 0.3) is 0 Å². The summed E-state index contributed by atoms with van der Waals surface area (Å²) in [6, 6.07) is 7.41. The van der Waals surface area contributed by atoms with Crippen molar-refractivity contribution in [1.29, 1.82) is 0 Å². The molecule has 0 unspecified atom stereocenters. The fourth-order valence-electron chi connectivity index (χ4n) is 2.57. The molecule has 0 amide bonds. The number of rotatable bonds is 4. The minimum absolute atomic E-state index is 0.101. The average molecular weight is 296 g/mol. The van der Waals surface area contributed by atoms with Crippen molar-refractivity contribution in [3.8, 4) is 0 Å². The summed E-state index contributed by atoms with van der Waals surface area (Å²) in [5.41, 5.74) is 1.06. The first-order valence-electron chi connectivity index (χ1n) is 7.21. The molecule has 1 aliphatic heterocycles. The predicted molar refractivity (Wildman–Crippen MR) is 81.4 cm³/mol. The van der Waals surface area contributed by atoms with Crippen LogP contribution in [0.2, 0.25) is 0 Å². The summed E-state index contributed by atoms with van der Waals surface area (Å²) in [5.74, 6) is 0.328. The highest BCUT2D eigenvalue weighted by molar-refractivity contribution is 7.89. The maximum absolute atomic E-state index is 12.7. The molecule has 5 heteroatoms. The van der Waals surface area contributed by atoms with E-state index in [1.807, 2.05) is 12.1 Å². The smallest absolute Gasteiger partial charge is 0.243 e. The fraction of sp³-hybridized carbons (Fsp3) is 0.600. The second-order valence-electron chi connectivity index (χ2n) is 5.73. The largest absolute Gasteiger partial charge is 0.317 e. The quantitative estimate of drug-likeness (QED) is 0.926. The third kappa shape index (κ3) is 3.22. The predicted octanol–water partition coefficient (Wildman–Crippen LogP) is 2.18. The minimum atomic E-state index is -3.39. The zero-order chi connectivity index (χ0) is 14.8. The van der Waals surface area contributed by atoms with Gasteiger partial charge in [0.1, 0.15) is 0 Å². The fourth-order valence-corrected chi connectivity index (χ4v) is 4.04. The molecule has 1 N–H and O–H groups in total. The Morgan fingerprint density at radius 3 is 2.50 bits per heavy atom. The Kier molecular flexibility index (Phi) is 4.83. The molecule has 0 radical (unpaired) electrons. The van der Waals surface area contributed by atoms with E-state index in [0.29, 0.717) is 10.8 Å². The molecule has 0 bridgehead atoms. The van der Waals surface area contributed by atoms with Crippen LogP contribution in [0.4, 0.5) is 0 Å². The maximum atomic E-state index is 12.7. The van der Waals surface area contributed by atoms with Crippen LogP contribution >= 0.6 is 0 Å². The summed E-state index contributed by atoms with van der Waals surface area (Å²) in [7, 11) is -1.69. The number of piperidine rings is 1. The van der Waals surface area contributed by atoms with E-state index in [1.165, 1.54) is 0 Å². The topological polar surface area (TPSA) is 49.4 Å². The summed E-state index contributed by atoms with van der Waals surface area (Å²) < 4.78 is 27.0. The highest BCUT2D eigenvalue weighted by Gasteiger charge is 2.29. The molecule has 1 aliphatic rings. The van der Waals surface area contributed by atoms with Gasteiger partial charge in [-0.05, 0) is 49.5 Å². The van der Waals surface area contributed by atoms with Crippen LogP contribution in [0.15, 0.2) is 29.2 Å². The molecule has 0 spiro atoms.